The van der Waals surface area contributed by atoms with Gasteiger partial charge in [0.1, 0.15) is 12.1 Å². The van der Waals surface area contributed by atoms with Crippen LogP contribution in [0.3, 0.4) is 0 Å². The van der Waals surface area contributed by atoms with Crippen molar-refractivity contribution in [1.82, 2.24) is 0 Å². The van der Waals surface area contributed by atoms with Crippen LogP contribution in [0.25, 0.3) is 0 Å². The zero-order chi connectivity index (χ0) is 12.5. The van der Waals surface area contributed by atoms with Crippen LogP contribution in [0.1, 0.15) is 37.3 Å². The summed E-state index contributed by atoms with van der Waals surface area (Å²) in [6, 6.07) is 8.78. The monoisotopic (exact) mass is 245 g/mol. The number of nitrogens with two attached hydrogens (primary N) is 1. The van der Waals surface area contributed by atoms with Crippen molar-refractivity contribution in [3.63, 3.8) is 0 Å². The SMILES string of the molecule is N[C@@H](C(=O)O[C@H]1C[C@H]2CC[C@@H]1C2)c1ccccc1. The molecule has 0 spiro atoms. The minimum absolute atomic E-state index is 0.117. The van der Waals surface area contributed by atoms with Gasteiger partial charge in [-0.2, -0.15) is 0 Å². The zero-order valence-electron chi connectivity index (χ0n) is 10.4. The minimum Gasteiger partial charge on any atom is -0.461 e. The Morgan fingerprint density at radius 2 is 2.00 bits per heavy atom. The fraction of sp³-hybridized carbons (Fsp3) is 0.533. The summed E-state index contributed by atoms with van der Waals surface area (Å²) in [6.07, 6.45) is 4.91. The highest BCUT2D eigenvalue weighted by Crippen LogP contribution is 2.46. The van der Waals surface area contributed by atoms with Gasteiger partial charge in [-0.1, -0.05) is 30.3 Å². The summed E-state index contributed by atoms with van der Waals surface area (Å²) in [5.74, 6) is 1.08. The van der Waals surface area contributed by atoms with Gasteiger partial charge in [0.05, 0.1) is 0 Å². The smallest absolute Gasteiger partial charge is 0.327 e. The molecule has 2 bridgehead atoms. The van der Waals surface area contributed by atoms with Crippen molar-refractivity contribution in [2.24, 2.45) is 17.6 Å². The first kappa shape index (κ1) is 11.7. The molecule has 1 aromatic carbocycles. The summed E-state index contributed by atoms with van der Waals surface area (Å²) in [5.41, 5.74) is 6.76. The van der Waals surface area contributed by atoms with Crippen molar-refractivity contribution < 1.29 is 9.53 Å². The van der Waals surface area contributed by atoms with E-state index in [2.05, 4.69) is 0 Å². The summed E-state index contributed by atoms with van der Waals surface area (Å²) in [5, 5.41) is 0. The third kappa shape index (κ3) is 2.15. The lowest BCUT2D eigenvalue weighted by Gasteiger charge is -2.23. The maximum absolute atomic E-state index is 12.0. The van der Waals surface area contributed by atoms with Crippen LogP contribution in [0.4, 0.5) is 0 Å². The van der Waals surface area contributed by atoms with E-state index in [0.717, 1.165) is 17.9 Å². The molecule has 3 rings (SSSR count). The Balaban J connectivity index is 1.62. The van der Waals surface area contributed by atoms with Crippen LogP contribution in [-0.4, -0.2) is 12.1 Å². The normalized spacial score (nSPS) is 31.3. The van der Waals surface area contributed by atoms with E-state index in [1.165, 1.54) is 19.3 Å². The Kier molecular flexibility index (Phi) is 3.08. The van der Waals surface area contributed by atoms with Crippen LogP contribution in [-0.2, 0) is 9.53 Å². The first-order valence-corrected chi connectivity index (χ1v) is 6.75. The molecule has 0 aromatic heterocycles. The van der Waals surface area contributed by atoms with Gasteiger partial charge in [0.15, 0.2) is 0 Å². The topological polar surface area (TPSA) is 52.3 Å². The molecule has 2 aliphatic rings. The lowest BCUT2D eigenvalue weighted by molar-refractivity contribution is -0.153. The molecule has 0 unspecified atom stereocenters. The average Bonchev–Trinajstić information content (AvgIpc) is 3.01. The molecule has 18 heavy (non-hydrogen) atoms. The molecule has 96 valence electrons. The molecule has 3 nitrogen and oxygen atoms in total. The summed E-state index contributed by atoms with van der Waals surface area (Å²) in [6.45, 7) is 0. The highest BCUT2D eigenvalue weighted by molar-refractivity contribution is 5.77. The predicted octanol–water partition coefficient (Wildman–Crippen LogP) is 2.42. The highest BCUT2D eigenvalue weighted by atomic mass is 16.5. The zero-order valence-corrected chi connectivity index (χ0v) is 10.4. The van der Waals surface area contributed by atoms with Gasteiger partial charge in [-0.25, -0.2) is 4.79 Å². The molecule has 2 saturated carbocycles. The van der Waals surface area contributed by atoms with Crippen LogP contribution >= 0.6 is 0 Å². The number of ether oxygens (including phenoxy) is 1. The Morgan fingerprint density at radius 1 is 1.22 bits per heavy atom. The van der Waals surface area contributed by atoms with E-state index in [4.69, 9.17) is 10.5 Å². The molecule has 1 aromatic rings. The van der Waals surface area contributed by atoms with E-state index in [1.807, 2.05) is 30.3 Å². The van der Waals surface area contributed by atoms with Crippen molar-refractivity contribution in [2.45, 2.75) is 37.8 Å². The van der Waals surface area contributed by atoms with Gasteiger partial charge in [0.2, 0.25) is 0 Å². The summed E-state index contributed by atoms with van der Waals surface area (Å²) in [4.78, 5) is 12.0. The number of carbonyl (C=O) groups is 1. The number of hydrogen-bond donors (Lipinski definition) is 1. The molecular formula is C15H19NO2. The summed E-state index contributed by atoms with van der Waals surface area (Å²) >= 11 is 0. The average molecular weight is 245 g/mol. The van der Waals surface area contributed by atoms with Crippen LogP contribution in [0, 0.1) is 11.8 Å². The first-order valence-electron chi connectivity index (χ1n) is 6.75. The van der Waals surface area contributed by atoms with E-state index in [9.17, 15) is 4.79 Å². The van der Waals surface area contributed by atoms with Crippen molar-refractivity contribution in [3.05, 3.63) is 35.9 Å². The number of rotatable bonds is 3. The fourth-order valence-electron chi connectivity index (χ4n) is 3.35. The van der Waals surface area contributed by atoms with Gasteiger partial charge in [0, 0.05) is 0 Å². The van der Waals surface area contributed by atoms with E-state index in [1.54, 1.807) is 0 Å². The molecule has 3 heteroatoms. The molecule has 4 atom stereocenters. The largest absolute Gasteiger partial charge is 0.461 e. The Hall–Kier alpha value is -1.35. The summed E-state index contributed by atoms with van der Waals surface area (Å²) < 4.78 is 5.60. The number of carbonyl (C=O) groups excluding carboxylic acids is 1. The molecule has 2 fully saturated rings. The maximum Gasteiger partial charge on any atom is 0.327 e. The second-order valence-corrected chi connectivity index (χ2v) is 5.54. The summed E-state index contributed by atoms with van der Waals surface area (Å²) in [7, 11) is 0. The fourth-order valence-corrected chi connectivity index (χ4v) is 3.35. The third-order valence-corrected chi connectivity index (χ3v) is 4.35. The van der Waals surface area contributed by atoms with Gasteiger partial charge in [-0.05, 0) is 43.1 Å². The standard InChI is InChI=1S/C15H19NO2/c16-14(11-4-2-1-3-5-11)15(17)18-13-9-10-6-7-12(13)8-10/h1-5,10,12-14H,6-9,16H2/t10-,12+,13-,14+/m0/s1. The molecule has 0 aliphatic heterocycles. The van der Waals surface area contributed by atoms with Crippen molar-refractivity contribution in [2.75, 3.05) is 0 Å². The van der Waals surface area contributed by atoms with E-state index in [0.29, 0.717) is 5.92 Å². The van der Waals surface area contributed by atoms with E-state index >= 15 is 0 Å². The number of esters is 1. The van der Waals surface area contributed by atoms with Crippen molar-refractivity contribution in [3.8, 4) is 0 Å². The molecule has 2 aliphatic carbocycles. The van der Waals surface area contributed by atoms with Crippen LogP contribution in [0.15, 0.2) is 30.3 Å². The van der Waals surface area contributed by atoms with Gasteiger partial charge in [-0.3, -0.25) is 0 Å². The molecule has 0 amide bonds. The number of hydrogen-bond acceptors (Lipinski definition) is 3. The van der Waals surface area contributed by atoms with Crippen molar-refractivity contribution in [1.29, 1.82) is 0 Å². The second kappa shape index (κ2) is 4.73. The molecular weight excluding hydrogens is 226 g/mol. The molecule has 0 saturated heterocycles. The van der Waals surface area contributed by atoms with Gasteiger partial charge >= 0.3 is 5.97 Å². The Labute approximate surface area is 107 Å². The van der Waals surface area contributed by atoms with Gasteiger partial charge < -0.3 is 10.5 Å². The lowest BCUT2D eigenvalue weighted by Crippen LogP contribution is -2.30. The van der Waals surface area contributed by atoms with Crippen LogP contribution in [0.5, 0.6) is 0 Å². The second-order valence-electron chi connectivity index (χ2n) is 5.54. The molecule has 2 N–H and O–H groups in total. The number of fused-ring (bicyclic) bond motifs is 2. The lowest BCUT2D eigenvalue weighted by atomic mass is 9.97. The van der Waals surface area contributed by atoms with Crippen LogP contribution in [0.2, 0.25) is 0 Å². The van der Waals surface area contributed by atoms with Crippen LogP contribution < -0.4 is 5.73 Å². The molecule has 0 heterocycles. The van der Waals surface area contributed by atoms with E-state index in [-0.39, 0.29) is 12.1 Å². The predicted molar refractivity (Wildman–Crippen MR) is 68.7 cm³/mol. The first-order chi connectivity index (χ1) is 8.74. The Morgan fingerprint density at radius 3 is 2.61 bits per heavy atom. The van der Waals surface area contributed by atoms with Gasteiger partial charge in [-0.15, -0.1) is 0 Å². The molecule has 0 radical (unpaired) electrons. The minimum atomic E-state index is -0.648. The highest BCUT2D eigenvalue weighted by Gasteiger charge is 2.42. The van der Waals surface area contributed by atoms with E-state index < -0.39 is 6.04 Å². The van der Waals surface area contributed by atoms with Gasteiger partial charge in [0.25, 0.3) is 0 Å². The van der Waals surface area contributed by atoms with Crippen molar-refractivity contribution >= 4 is 5.97 Å². The number of benzene rings is 1. The quantitative estimate of drug-likeness (QED) is 0.832. The Bertz CT molecular complexity index is 431. The maximum atomic E-state index is 12.0. The third-order valence-electron chi connectivity index (χ3n) is 4.35.